The minimum Gasteiger partial charge on any atom is -0.504 e. The van der Waals surface area contributed by atoms with E-state index in [1.165, 1.54) is 6.07 Å². The van der Waals surface area contributed by atoms with E-state index in [2.05, 4.69) is 10.1 Å². The van der Waals surface area contributed by atoms with Gasteiger partial charge in [0.1, 0.15) is 23.2 Å². The smallest absolute Gasteiger partial charge is 0.349 e. The van der Waals surface area contributed by atoms with Gasteiger partial charge in [-0.3, -0.25) is 9.25 Å². The van der Waals surface area contributed by atoms with Crippen molar-refractivity contribution in [3.8, 4) is 27.6 Å². The largest absolute Gasteiger partial charge is 0.504 e. The van der Waals surface area contributed by atoms with Gasteiger partial charge in [-0.1, -0.05) is 23.7 Å². The van der Waals surface area contributed by atoms with Crippen molar-refractivity contribution in [2.24, 2.45) is 7.05 Å². The summed E-state index contributed by atoms with van der Waals surface area (Å²) in [6, 6.07) is 9.87. The maximum absolute atomic E-state index is 13.6. The number of phenolic OH excluding ortho intramolecular Hbond substituents is 1. The van der Waals surface area contributed by atoms with Gasteiger partial charge in [-0.05, 0) is 30.7 Å². The Labute approximate surface area is 207 Å². The maximum Gasteiger partial charge on any atom is 0.349 e. The van der Waals surface area contributed by atoms with Gasteiger partial charge in [0.25, 0.3) is 0 Å². The molecule has 3 aromatic heterocycles. The number of ether oxygens (including phenoxy) is 1. The lowest BCUT2D eigenvalue weighted by Gasteiger charge is -2.16. The number of carbonyl (C=O) groups is 1. The maximum atomic E-state index is 13.6. The predicted molar refractivity (Wildman–Crippen MR) is 130 cm³/mol. The van der Waals surface area contributed by atoms with E-state index in [4.69, 9.17) is 16.3 Å². The highest BCUT2D eigenvalue weighted by atomic mass is 35.5. The third kappa shape index (κ3) is 4.11. The first-order valence-electron chi connectivity index (χ1n) is 10.4. The quantitative estimate of drug-likeness (QED) is 0.297. The van der Waals surface area contributed by atoms with Crippen molar-refractivity contribution in [2.75, 3.05) is 0 Å². The topological polar surface area (TPSA) is 102 Å². The summed E-state index contributed by atoms with van der Waals surface area (Å²) in [5.74, 6) is -2.56. The molecule has 0 amide bonds. The number of fused-ring (bicyclic) bond motifs is 1. The highest BCUT2D eigenvalue weighted by Gasteiger charge is 2.23. The molecule has 8 nitrogen and oxygen atoms in total. The average Bonchev–Trinajstić information content (AvgIpc) is 3.55. The molecular weight excluding hydrogens is 495 g/mol. The van der Waals surface area contributed by atoms with Crippen LogP contribution in [0.3, 0.4) is 0 Å². The van der Waals surface area contributed by atoms with Crippen LogP contribution in [0.5, 0.6) is 11.5 Å². The van der Waals surface area contributed by atoms with E-state index in [0.29, 0.717) is 10.6 Å². The second-order valence-corrected chi connectivity index (χ2v) is 9.27. The van der Waals surface area contributed by atoms with Gasteiger partial charge in [-0.15, -0.1) is 11.3 Å². The number of halogens is 2. The predicted octanol–water partition coefficient (Wildman–Crippen LogP) is 5.82. The fraction of sp³-hybridized carbons (Fsp3) is 0.125. The first-order valence-corrected chi connectivity index (χ1v) is 11.6. The van der Waals surface area contributed by atoms with Crippen molar-refractivity contribution in [3.05, 3.63) is 76.4 Å². The van der Waals surface area contributed by atoms with E-state index in [1.54, 1.807) is 34.8 Å². The number of thiophene rings is 1. The molecule has 3 heterocycles. The molecule has 0 spiro atoms. The molecule has 0 aliphatic carbocycles. The van der Waals surface area contributed by atoms with E-state index in [9.17, 15) is 19.4 Å². The normalized spacial score (nSPS) is 12.2. The molecule has 5 aromatic rings. The van der Waals surface area contributed by atoms with Crippen LogP contribution in [0.1, 0.15) is 28.3 Å². The average molecular weight is 513 g/mol. The van der Waals surface area contributed by atoms with Crippen LogP contribution in [-0.2, 0) is 7.05 Å². The molecule has 0 saturated heterocycles. The summed E-state index contributed by atoms with van der Waals surface area (Å²) in [7, 11) is 1.85. The van der Waals surface area contributed by atoms with Crippen LogP contribution >= 0.6 is 22.9 Å². The van der Waals surface area contributed by atoms with Gasteiger partial charge in [0, 0.05) is 30.4 Å². The second-order valence-electron chi connectivity index (χ2n) is 7.86. The Hall–Kier alpha value is -3.89. The molecule has 0 bridgehead atoms. The number of nitrogens with zero attached hydrogens (tertiary/aromatic N) is 4. The van der Waals surface area contributed by atoms with Crippen LogP contribution in [0, 0.1) is 5.82 Å². The van der Waals surface area contributed by atoms with Gasteiger partial charge in [-0.25, -0.2) is 14.2 Å². The van der Waals surface area contributed by atoms with E-state index in [-0.39, 0.29) is 15.6 Å². The zero-order valence-corrected chi connectivity index (χ0v) is 20.0. The van der Waals surface area contributed by atoms with Gasteiger partial charge < -0.3 is 14.9 Å². The van der Waals surface area contributed by atoms with Crippen molar-refractivity contribution in [2.45, 2.75) is 13.0 Å². The zero-order chi connectivity index (χ0) is 24.9. The second kappa shape index (κ2) is 8.71. The molecule has 1 atom stereocenters. The number of benzene rings is 2. The van der Waals surface area contributed by atoms with Crippen molar-refractivity contribution in [1.29, 1.82) is 0 Å². The molecule has 0 saturated carbocycles. The molecule has 0 unspecified atom stereocenters. The summed E-state index contributed by atoms with van der Waals surface area (Å²) in [6.45, 7) is 1.63. The number of carboxylic acids is 1. The summed E-state index contributed by atoms with van der Waals surface area (Å²) < 4.78 is 23.0. The molecule has 2 aromatic carbocycles. The highest BCUT2D eigenvalue weighted by molar-refractivity contribution is 7.16. The number of phenols is 1. The molecule has 0 fully saturated rings. The number of aromatic carboxylic acids is 1. The summed E-state index contributed by atoms with van der Waals surface area (Å²) in [6.07, 6.45) is 4.55. The lowest BCUT2D eigenvalue weighted by Crippen LogP contribution is -2.06. The monoisotopic (exact) mass is 512 g/mol. The first kappa shape index (κ1) is 22.9. The number of rotatable bonds is 6. The van der Waals surface area contributed by atoms with E-state index >= 15 is 0 Å². The summed E-state index contributed by atoms with van der Waals surface area (Å²) in [5.41, 5.74) is 3.78. The van der Waals surface area contributed by atoms with Crippen LogP contribution < -0.4 is 4.74 Å². The van der Waals surface area contributed by atoms with Gasteiger partial charge >= 0.3 is 5.97 Å². The highest BCUT2D eigenvalue weighted by Crippen LogP contribution is 2.39. The van der Waals surface area contributed by atoms with Crippen molar-refractivity contribution in [1.82, 2.24) is 19.3 Å². The number of hydrogen-bond donors (Lipinski definition) is 2. The molecule has 0 radical (unpaired) electrons. The Morgan fingerprint density at radius 2 is 2.03 bits per heavy atom. The molecule has 35 heavy (non-hydrogen) atoms. The summed E-state index contributed by atoms with van der Waals surface area (Å²) >= 11 is 7.10. The van der Waals surface area contributed by atoms with Gasteiger partial charge in [0.05, 0.1) is 22.3 Å². The molecule has 178 valence electrons. The molecule has 11 heteroatoms. The van der Waals surface area contributed by atoms with Crippen LogP contribution in [0.25, 0.3) is 27.2 Å². The van der Waals surface area contributed by atoms with Crippen molar-refractivity contribution < 1.29 is 24.1 Å². The Morgan fingerprint density at radius 3 is 2.74 bits per heavy atom. The summed E-state index contributed by atoms with van der Waals surface area (Å²) in [4.78, 5) is 16.4. The van der Waals surface area contributed by atoms with Crippen molar-refractivity contribution >= 4 is 39.9 Å². The number of imidazole rings is 1. The lowest BCUT2D eigenvalue weighted by molar-refractivity contribution is 0.0695. The SMILES string of the molecule is C[C@@H](Oc1cc(-n2cnc3cc(-c4cnn(C)c4)ccc32)sc1C(=O)O)c1ccc(F)c(O)c1Cl. The van der Waals surface area contributed by atoms with Gasteiger partial charge in [0.15, 0.2) is 16.4 Å². The number of carboxylic acid groups (broad SMARTS) is 1. The number of aromatic hydroxyl groups is 1. The molecular formula is C24H18ClFN4O4S. The molecule has 2 N–H and O–H groups in total. The van der Waals surface area contributed by atoms with Crippen LogP contribution in [0.15, 0.2) is 55.1 Å². The van der Waals surface area contributed by atoms with Crippen molar-refractivity contribution in [3.63, 3.8) is 0 Å². The minimum atomic E-state index is -1.15. The third-order valence-electron chi connectivity index (χ3n) is 5.54. The Bertz CT molecular complexity index is 1590. The zero-order valence-electron chi connectivity index (χ0n) is 18.4. The molecule has 0 aliphatic heterocycles. The van der Waals surface area contributed by atoms with E-state index in [0.717, 1.165) is 39.6 Å². The third-order valence-corrected chi connectivity index (χ3v) is 7.04. The minimum absolute atomic E-state index is 0.0110. The van der Waals surface area contributed by atoms with Gasteiger partial charge in [0.2, 0.25) is 0 Å². The standard InChI is InChI=1S/C24H18ClFN4O4S/c1-12(15-4-5-16(26)22(31)21(15)25)34-19-8-20(35-23(19)24(32)33)30-11-27-17-7-13(3-6-18(17)30)14-9-28-29(2)10-14/h3-12,31H,1-2H3,(H,32,33)/t12-/m1/s1. The van der Waals surface area contributed by atoms with E-state index in [1.807, 2.05) is 31.4 Å². The van der Waals surface area contributed by atoms with Crippen LogP contribution in [-0.4, -0.2) is 35.5 Å². The number of hydrogen-bond acceptors (Lipinski definition) is 6. The Morgan fingerprint density at radius 1 is 1.23 bits per heavy atom. The fourth-order valence-corrected chi connectivity index (χ4v) is 5.00. The van der Waals surface area contributed by atoms with Gasteiger partial charge in [-0.2, -0.15) is 5.10 Å². The summed E-state index contributed by atoms with van der Waals surface area (Å²) in [5, 5.41) is 24.2. The molecule has 0 aliphatic rings. The number of aryl methyl sites for hydroxylation is 1. The fourth-order valence-electron chi connectivity index (χ4n) is 3.78. The van der Waals surface area contributed by atoms with E-state index < -0.39 is 23.6 Å². The number of aromatic nitrogens is 4. The van der Waals surface area contributed by atoms with Crippen LogP contribution in [0.4, 0.5) is 4.39 Å². The first-order chi connectivity index (χ1) is 16.7. The molecule has 5 rings (SSSR count). The van der Waals surface area contributed by atoms with Crippen LogP contribution in [0.2, 0.25) is 5.02 Å². The lowest BCUT2D eigenvalue weighted by atomic mass is 10.1. The Kier molecular flexibility index (Phi) is 5.70. The Balaban J connectivity index is 1.50.